The minimum absolute atomic E-state index is 0.0567. The Morgan fingerprint density at radius 1 is 1.30 bits per heavy atom. The SMILES string of the molecule is O=C(NF)C1CCCCC1. The maximum absolute atomic E-state index is 11.6. The lowest BCUT2D eigenvalue weighted by Crippen LogP contribution is -2.26. The molecule has 0 bridgehead atoms. The van der Waals surface area contributed by atoms with E-state index in [0.717, 1.165) is 25.7 Å². The van der Waals surface area contributed by atoms with Crippen LogP contribution in [0.2, 0.25) is 0 Å². The largest absolute Gasteiger partial charge is 0.272 e. The van der Waals surface area contributed by atoms with Crippen molar-refractivity contribution >= 4 is 5.91 Å². The second kappa shape index (κ2) is 3.54. The van der Waals surface area contributed by atoms with Crippen molar-refractivity contribution in [3.8, 4) is 0 Å². The van der Waals surface area contributed by atoms with Gasteiger partial charge in [-0.15, -0.1) is 4.48 Å². The van der Waals surface area contributed by atoms with Crippen LogP contribution in [0.3, 0.4) is 0 Å². The average molecular weight is 145 g/mol. The summed E-state index contributed by atoms with van der Waals surface area (Å²) in [6.07, 6.45) is 5.04. The molecule has 1 N–H and O–H groups in total. The molecule has 1 aliphatic rings. The summed E-state index contributed by atoms with van der Waals surface area (Å²) in [5.74, 6) is -0.488. The van der Waals surface area contributed by atoms with E-state index in [2.05, 4.69) is 0 Å². The molecule has 1 aliphatic carbocycles. The summed E-state index contributed by atoms with van der Waals surface area (Å²) in [5, 5.41) is 0. The molecule has 0 aromatic heterocycles. The Bertz CT molecular complexity index is 121. The van der Waals surface area contributed by atoms with E-state index in [9.17, 15) is 9.28 Å². The lowest BCUT2D eigenvalue weighted by Gasteiger charge is -2.18. The van der Waals surface area contributed by atoms with Gasteiger partial charge in [0.1, 0.15) is 0 Å². The van der Waals surface area contributed by atoms with Crippen molar-refractivity contribution in [1.82, 2.24) is 5.54 Å². The lowest BCUT2D eigenvalue weighted by atomic mass is 9.89. The van der Waals surface area contributed by atoms with Crippen LogP contribution in [0.15, 0.2) is 0 Å². The van der Waals surface area contributed by atoms with Gasteiger partial charge in [-0.2, -0.15) is 5.54 Å². The standard InChI is InChI=1S/C7H12FNO/c8-9-7(10)6-4-2-1-3-5-6/h6H,1-5H2,(H,9,10). The molecule has 1 fully saturated rings. The molecule has 0 aromatic carbocycles. The molecule has 2 nitrogen and oxygen atoms in total. The summed E-state index contributed by atoms with van der Waals surface area (Å²) >= 11 is 0. The van der Waals surface area contributed by atoms with Crippen LogP contribution in [0.1, 0.15) is 32.1 Å². The maximum atomic E-state index is 11.6. The number of carbonyl (C=O) groups excluding carboxylic acids is 1. The Balaban J connectivity index is 2.31. The van der Waals surface area contributed by atoms with Crippen molar-refractivity contribution < 1.29 is 9.28 Å². The Labute approximate surface area is 59.7 Å². The van der Waals surface area contributed by atoms with Crippen molar-refractivity contribution in [2.45, 2.75) is 32.1 Å². The van der Waals surface area contributed by atoms with E-state index in [1.807, 2.05) is 0 Å². The molecular formula is C7H12FNO. The molecule has 0 atom stereocenters. The van der Waals surface area contributed by atoms with Crippen molar-refractivity contribution in [3.63, 3.8) is 0 Å². The monoisotopic (exact) mass is 145 g/mol. The van der Waals surface area contributed by atoms with Crippen LogP contribution in [0.25, 0.3) is 0 Å². The first kappa shape index (κ1) is 7.51. The normalized spacial score (nSPS) is 20.5. The Hall–Kier alpha value is -0.600. The van der Waals surface area contributed by atoms with Crippen molar-refractivity contribution in [1.29, 1.82) is 0 Å². The lowest BCUT2D eigenvalue weighted by molar-refractivity contribution is -0.130. The van der Waals surface area contributed by atoms with Gasteiger partial charge in [0.05, 0.1) is 0 Å². The Morgan fingerprint density at radius 2 is 1.90 bits per heavy atom. The molecule has 0 saturated heterocycles. The first-order chi connectivity index (χ1) is 4.84. The van der Waals surface area contributed by atoms with Crippen LogP contribution in [0, 0.1) is 5.92 Å². The van der Waals surface area contributed by atoms with Crippen molar-refractivity contribution in [2.24, 2.45) is 5.92 Å². The molecule has 1 amide bonds. The van der Waals surface area contributed by atoms with E-state index in [-0.39, 0.29) is 5.92 Å². The molecule has 1 saturated carbocycles. The molecule has 0 heterocycles. The molecule has 0 aromatic rings. The van der Waals surface area contributed by atoms with Gasteiger partial charge in [0.25, 0.3) is 5.91 Å². The van der Waals surface area contributed by atoms with Gasteiger partial charge in [0, 0.05) is 5.92 Å². The van der Waals surface area contributed by atoms with Crippen LogP contribution in [-0.4, -0.2) is 5.91 Å². The van der Waals surface area contributed by atoms with Gasteiger partial charge in [0.15, 0.2) is 0 Å². The number of hydrogen-bond acceptors (Lipinski definition) is 1. The third kappa shape index (κ3) is 1.69. The molecule has 0 unspecified atom stereocenters. The highest BCUT2D eigenvalue weighted by Gasteiger charge is 2.20. The summed E-state index contributed by atoms with van der Waals surface area (Å²) in [5.41, 5.74) is 1.20. The first-order valence-corrected chi connectivity index (χ1v) is 3.75. The van der Waals surface area contributed by atoms with E-state index in [1.165, 1.54) is 12.0 Å². The summed E-state index contributed by atoms with van der Waals surface area (Å²) < 4.78 is 11.6. The van der Waals surface area contributed by atoms with E-state index >= 15 is 0 Å². The third-order valence-electron chi connectivity index (χ3n) is 2.07. The number of carbonyl (C=O) groups is 1. The molecule has 0 spiro atoms. The smallest absolute Gasteiger partial charge is 0.250 e. The highest BCUT2D eigenvalue weighted by molar-refractivity contribution is 5.77. The highest BCUT2D eigenvalue weighted by Crippen LogP contribution is 2.23. The predicted molar refractivity (Wildman–Crippen MR) is 35.8 cm³/mol. The highest BCUT2D eigenvalue weighted by atomic mass is 19.2. The zero-order valence-corrected chi connectivity index (χ0v) is 5.90. The number of hydrogen-bond donors (Lipinski definition) is 1. The van der Waals surface area contributed by atoms with Gasteiger partial charge in [-0.05, 0) is 12.8 Å². The minimum atomic E-state index is -0.431. The summed E-state index contributed by atoms with van der Waals surface area (Å²) in [7, 11) is 0. The predicted octanol–water partition coefficient (Wildman–Crippen LogP) is 1.57. The van der Waals surface area contributed by atoms with Crippen molar-refractivity contribution in [3.05, 3.63) is 0 Å². The summed E-state index contributed by atoms with van der Waals surface area (Å²) in [6, 6.07) is 0. The maximum Gasteiger partial charge on any atom is 0.250 e. The van der Waals surface area contributed by atoms with Gasteiger partial charge in [-0.1, -0.05) is 19.3 Å². The molecule has 0 aliphatic heterocycles. The van der Waals surface area contributed by atoms with Gasteiger partial charge in [-0.3, -0.25) is 4.79 Å². The first-order valence-electron chi connectivity index (χ1n) is 3.75. The van der Waals surface area contributed by atoms with Gasteiger partial charge < -0.3 is 0 Å². The second-order valence-electron chi connectivity index (χ2n) is 2.79. The van der Waals surface area contributed by atoms with E-state index < -0.39 is 5.91 Å². The van der Waals surface area contributed by atoms with E-state index in [4.69, 9.17) is 0 Å². The molecule has 3 heteroatoms. The van der Waals surface area contributed by atoms with Gasteiger partial charge in [-0.25, -0.2) is 0 Å². The summed E-state index contributed by atoms with van der Waals surface area (Å²) in [6.45, 7) is 0. The zero-order chi connectivity index (χ0) is 7.40. The fourth-order valence-electron chi connectivity index (χ4n) is 1.44. The number of nitrogens with one attached hydrogen (secondary N) is 1. The Morgan fingerprint density at radius 3 is 2.40 bits per heavy atom. The third-order valence-corrected chi connectivity index (χ3v) is 2.07. The average Bonchev–Trinajstić information content (AvgIpc) is 2.05. The van der Waals surface area contributed by atoms with Crippen LogP contribution in [0.5, 0.6) is 0 Å². The van der Waals surface area contributed by atoms with Crippen molar-refractivity contribution in [2.75, 3.05) is 0 Å². The van der Waals surface area contributed by atoms with E-state index in [0.29, 0.717) is 0 Å². The fraction of sp³-hybridized carbons (Fsp3) is 0.857. The molecule has 0 radical (unpaired) electrons. The number of halogens is 1. The Kier molecular flexibility index (Phi) is 2.66. The van der Waals surface area contributed by atoms with E-state index in [1.54, 1.807) is 0 Å². The van der Waals surface area contributed by atoms with Crippen LogP contribution < -0.4 is 5.54 Å². The molecule has 58 valence electrons. The molecule has 10 heavy (non-hydrogen) atoms. The fourth-order valence-corrected chi connectivity index (χ4v) is 1.44. The summed E-state index contributed by atoms with van der Waals surface area (Å²) in [4.78, 5) is 10.7. The zero-order valence-electron chi connectivity index (χ0n) is 5.90. The second-order valence-corrected chi connectivity index (χ2v) is 2.79. The van der Waals surface area contributed by atoms with Crippen LogP contribution in [0.4, 0.5) is 4.48 Å². The van der Waals surface area contributed by atoms with Gasteiger partial charge >= 0.3 is 0 Å². The minimum Gasteiger partial charge on any atom is -0.272 e. The van der Waals surface area contributed by atoms with Gasteiger partial charge in [0.2, 0.25) is 0 Å². The number of amides is 1. The molecular weight excluding hydrogens is 133 g/mol. The number of rotatable bonds is 1. The van der Waals surface area contributed by atoms with Crippen LogP contribution in [-0.2, 0) is 4.79 Å². The molecule has 1 rings (SSSR count). The van der Waals surface area contributed by atoms with Crippen LogP contribution >= 0.6 is 0 Å². The quantitative estimate of drug-likeness (QED) is 0.557. The topological polar surface area (TPSA) is 29.1 Å².